The number of allylic oxidation sites excluding steroid dienone is 1. The monoisotopic (exact) mass is 227 g/mol. The number of ether oxygens (including phenoxy) is 1. The van der Waals surface area contributed by atoms with Crippen molar-refractivity contribution in [3.05, 3.63) is 41.6 Å². The molecule has 1 aliphatic rings. The Morgan fingerprint density at radius 1 is 1.24 bits per heavy atom. The summed E-state index contributed by atoms with van der Waals surface area (Å²) in [6, 6.07) is 8.62. The molecule has 2 heteroatoms. The van der Waals surface area contributed by atoms with E-state index < -0.39 is 0 Å². The summed E-state index contributed by atoms with van der Waals surface area (Å²) in [6.45, 7) is 3.72. The minimum absolute atomic E-state index is 0.731. The van der Waals surface area contributed by atoms with E-state index in [1.165, 1.54) is 27.7 Å². The SMILES string of the molecule is C/C1=C/COCCc2c1c1ccccc1n2C. The van der Waals surface area contributed by atoms with E-state index in [1.54, 1.807) is 0 Å². The lowest BCUT2D eigenvalue weighted by Gasteiger charge is -2.12. The smallest absolute Gasteiger partial charge is 0.0653 e. The van der Waals surface area contributed by atoms with Crippen LogP contribution in [0.25, 0.3) is 16.5 Å². The second-order valence-electron chi connectivity index (χ2n) is 4.61. The van der Waals surface area contributed by atoms with Crippen LogP contribution in [0.5, 0.6) is 0 Å². The van der Waals surface area contributed by atoms with Gasteiger partial charge in [-0.1, -0.05) is 24.3 Å². The number of aryl methyl sites for hydroxylation is 1. The highest BCUT2D eigenvalue weighted by Gasteiger charge is 2.16. The van der Waals surface area contributed by atoms with Gasteiger partial charge in [0.1, 0.15) is 0 Å². The molecule has 0 aliphatic carbocycles. The molecule has 0 unspecified atom stereocenters. The lowest BCUT2D eigenvalue weighted by molar-refractivity contribution is 0.164. The molecular weight excluding hydrogens is 210 g/mol. The number of hydrogen-bond donors (Lipinski definition) is 0. The average Bonchev–Trinajstić information content (AvgIpc) is 2.60. The Labute approximate surface area is 102 Å². The third kappa shape index (κ3) is 1.60. The number of rotatable bonds is 0. The Morgan fingerprint density at radius 2 is 2.06 bits per heavy atom. The van der Waals surface area contributed by atoms with Gasteiger partial charge in [-0.05, 0) is 18.6 Å². The molecule has 0 amide bonds. The van der Waals surface area contributed by atoms with Gasteiger partial charge in [-0.15, -0.1) is 0 Å². The summed E-state index contributed by atoms with van der Waals surface area (Å²) in [5.74, 6) is 0. The van der Waals surface area contributed by atoms with Crippen LogP contribution in [0.1, 0.15) is 18.2 Å². The molecule has 0 N–H and O–H groups in total. The molecule has 0 saturated carbocycles. The molecule has 88 valence electrons. The van der Waals surface area contributed by atoms with Crippen LogP contribution in [0.2, 0.25) is 0 Å². The fourth-order valence-electron chi connectivity index (χ4n) is 2.72. The zero-order valence-corrected chi connectivity index (χ0v) is 10.4. The lowest BCUT2D eigenvalue weighted by atomic mass is 10.0. The molecule has 0 spiro atoms. The summed E-state index contributed by atoms with van der Waals surface area (Å²) in [5.41, 5.74) is 5.44. The number of fused-ring (bicyclic) bond motifs is 3. The zero-order chi connectivity index (χ0) is 11.8. The normalized spacial score (nSPS) is 19.3. The summed E-state index contributed by atoms with van der Waals surface area (Å²) in [6.07, 6.45) is 3.18. The quantitative estimate of drug-likeness (QED) is 0.674. The van der Waals surface area contributed by atoms with Crippen LogP contribution in [0.4, 0.5) is 0 Å². The van der Waals surface area contributed by atoms with Crippen LogP contribution < -0.4 is 0 Å². The topological polar surface area (TPSA) is 14.2 Å². The molecule has 0 saturated heterocycles. The fraction of sp³-hybridized carbons (Fsp3) is 0.333. The van der Waals surface area contributed by atoms with Gasteiger partial charge in [-0.25, -0.2) is 0 Å². The molecule has 0 fully saturated rings. The maximum Gasteiger partial charge on any atom is 0.0653 e. The van der Waals surface area contributed by atoms with Crippen molar-refractivity contribution >= 4 is 16.5 Å². The van der Waals surface area contributed by atoms with Gasteiger partial charge >= 0.3 is 0 Å². The van der Waals surface area contributed by atoms with E-state index in [-0.39, 0.29) is 0 Å². The Balaban J connectivity index is 2.37. The molecule has 17 heavy (non-hydrogen) atoms. The Morgan fingerprint density at radius 3 is 2.94 bits per heavy atom. The largest absolute Gasteiger partial charge is 0.377 e. The van der Waals surface area contributed by atoms with Crippen LogP contribution in [-0.4, -0.2) is 17.8 Å². The fourth-order valence-corrected chi connectivity index (χ4v) is 2.72. The average molecular weight is 227 g/mol. The first-order valence-electron chi connectivity index (χ1n) is 6.10. The van der Waals surface area contributed by atoms with E-state index in [0.717, 1.165) is 19.6 Å². The highest BCUT2D eigenvalue weighted by molar-refractivity contribution is 5.94. The third-order valence-corrected chi connectivity index (χ3v) is 3.61. The van der Waals surface area contributed by atoms with Crippen molar-refractivity contribution in [2.24, 2.45) is 7.05 Å². The van der Waals surface area contributed by atoms with Crippen LogP contribution in [0.15, 0.2) is 30.3 Å². The zero-order valence-electron chi connectivity index (χ0n) is 10.4. The summed E-state index contributed by atoms with van der Waals surface area (Å²) in [7, 11) is 2.15. The maximum atomic E-state index is 5.56. The van der Waals surface area contributed by atoms with Crippen molar-refractivity contribution in [3.8, 4) is 0 Å². The van der Waals surface area contributed by atoms with Crippen molar-refractivity contribution in [2.75, 3.05) is 13.2 Å². The van der Waals surface area contributed by atoms with Crippen molar-refractivity contribution in [2.45, 2.75) is 13.3 Å². The van der Waals surface area contributed by atoms with Crippen molar-refractivity contribution < 1.29 is 4.74 Å². The van der Waals surface area contributed by atoms with Gasteiger partial charge in [0.2, 0.25) is 0 Å². The van der Waals surface area contributed by atoms with E-state index in [2.05, 4.69) is 48.9 Å². The van der Waals surface area contributed by atoms with E-state index in [0.29, 0.717) is 0 Å². The van der Waals surface area contributed by atoms with Gasteiger partial charge in [-0.2, -0.15) is 0 Å². The molecule has 0 radical (unpaired) electrons. The predicted octanol–water partition coefficient (Wildman–Crippen LogP) is 3.15. The predicted molar refractivity (Wildman–Crippen MR) is 71.1 cm³/mol. The summed E-state index contributed by atoms with van der Waals surface area (Å²) in [4.78, 5) is 0. The van der Waals surface area contributed by atoms with Crippen LogP contribution in [0.3, 0.4) is 0 Å². The first-order valence-corrected chi connectivity index (χ1v) is 6.10. The molecule has 1 aliphatic heterocycles. The van der Waals surface area contributed by atoms with Crippen molar-refractivity contribution in [1.82, 2.24) is 4.57 Å². The van der Waals surface area contributed by atoms with Gasteiger partial charge < -0.3 is 9.30 Å². The molecule has 0 bridgehead atoms. The number of benzene rings is 1. The Kier molecular flexibility index (Phi) is 2.52. The first kappa shape index (κ1) is 10.6. The molecule has 1 aromatic carbocycles. The van der Waals surface area contributed by atoms with Crippen molar-refractivity contribution in [3.63, 3.8) is 0 Å². The highest BCUT2D eigenvalue weighted by Crippen LogP contribution is 2.31. The second-order valence-corrected chi connectivity index (χ2v) is 4.61. The number of nitrogens with zero attached hydrogens (tertiary/aromatic N) is 1. The molecule has 1 aromatic heterocycles. The Hall–Kier alpha value is -1.54. The van der Waals surface area contributed by atoms with E-state index in [4.69, 9.17) is 4.74 Å². The highest BCUT2D eigenvalue weighted by atomic mass is 16.5. The molecule has 0 atom stereocenters. The standard InChI is InChI=1S/C15H17NO/c1-11-7-9-17-10-8-14-15(11)12-5-3-4-6-13(12)16(14)2/h3-7H,8-10H2,1-2H3/b11-7-. The third-order valence-electron chi connectivity index (χ3n) is 3.61. The minimum Gasteiger partial charge on any atom is -0.377 e. The number of hydrogen-bond acceptors (Lipinski definition) is 1. The molecule has 2 aromatic rings. The Bertz CT molecular complexity index is 592. The lowest BCUT2D eigenvalue weighted by Crippen LogP contribution is -2.07. The van der Waals surface area contributed by atoms with E-state index in [9.17, 15) is 0 Å². The van der Waals surface area contributed by atoms with Gasteiger partial charge in [0.05, 0.1) is 13.2 Å². The van der Waals surface area contributed by atoms with Crippen molar-refractivity contribution in [1.29, 1.82) is 0 Å². The van der Waals surface area contributed by atoms with Gasteiger partial charge in [-0.3, -0.25) is 0 Å². The van der Waals surface area contributed by atoms with Gasteiger partial charge in [0.25, 0.3) is 0 Å². The van der Waals surface area contributed by atoms with Gasteiger partial charge in [0.15, 0.2) is 0 Å². The molecule has 3 rings (SSSR count). The molecule has 2 heterocycles. The minimum atomic E-state index is 0.731. The van der Waals surface area contributed by atoms with Crippen LogP contribution >= 0.6 is 0 Å². The van der Waals surface area contributed by atoms with E-state index >= 15 is 0 Å². The first-order chi connectivity index (χ1) is 8.29. The van der Waals surface area contributed by atoms with Crippen LogP contribution in [0, 0.1) is 0 Å². The number of para-hydroxylation sites is 1. The summed E-state index contributed by atoms with van der Waals surface area (Å²) in [5, 5.41) is 1.36. The summed E-state index contributed by atoms with van der Waals surface area (Å²) < 4.78 is 7.87. The van der Waals surface area contributed by atoms with E-state index in [1.807, 2.05) is 0 Å². The number of aromatic nitrogens is 1. The van der Waals surface area contributed by atoms with Gasteiger partial charge in [0, 0.05) is 35.6 Å². The second kappa shape index (κ2) is 4.04. The molecular formula is C15H17NO. The van der Waals surface area contributed by atoms with Crippen LogP contribution in [-0.2, 0) is 18.2 Å². The maximum absolute atomic E-state index is 5.56. The summed E-state index contributed by atoms with van der Waals surface area (Å²) >= 11 is 0. The molecule has 2 nitrogen and oxygen atoms in total.